The highest BCUT2D eigenvalue weighted by Crippen LogP contribution is 2.20. The molecular formula is C16H22N2O2. The molecule has 1 amide bonds. The number of ether oxygens (including phenoxy) is 1. The van der Waals surface area contributed by atoms with E-state index in [0.717, 1.165) is 32.4 Å². The lowest BCUT2D eigenvalue weighted by atomic mass is 9.92. The highest BCUT2D eigenvalue weighted by atomic mass is 16.5. The van der Waals surface area contributed by atoms with Gasteiger partial charge in [0.1, 0.15) is 0 Å². The monoisotopic (exact) mass is 274 g/mol. The molecule has 2 aliphatic heterocycles. The van der Waals surface area contributed by atoms with E-state index < -0.39 is 0 Å². The van der Waals surface area contributed by atoms with Crippen molar-refractivity contribution < 1.29 is 9.53 Å². The molecule has 1 fully saturated rings. The van der Waals surface area contributed by atoms with E-state index in [0.29, 0.717) is 6.61 Å². The molecule has 2 aliphatic rings. The van der Waals surface area contributed by atoms with Crippen molar-refractivity contribution in [3.63, 3.8) is 0 Å². The van der Waals surface area contributed by atoms with Gasteiger partial charge in [0, 0.05) is 13.2 Å². The summed E-state index contributed by atoms with van der Waals surface area (Å²) >= 11 is 0. The van der Waals surface area contributed by atoms with Crippen LogP contribution in [0.4, 0.5) is 0 Å². The summed E-state index contributed by atoms with van der Waals surface area (Å²) in [6.45, 7) is 4.25. The maximum atomic E-state index is 12.5. The zero-order valence-corrected chi connectivity index (χ0v) is 11.9. The number of benzene rings is 1. The zero-order chi connectivity index (χ0) is 14.0. The minimum absolute atomic E-state index is 0.0903. The molecule has 1 aromatic carbocycles. The topological polar surface area (TPSA) is 50.4 Å². The van der Waals surface area contributed by atoms with Crippen molar-refractivity contribution in [1.82, 2.24) is 10.6 Å². The molecule has 0 aromatic heterocycles. The van der Waals surface area contributed by atoms with Crippen LogP contribution in [-0.2, 0) is 22.5 Å². The molecule has 1 aromatic rings. The van der Waals surface area contributed by atoms with Gasteiger partial charge in [0.15, 0.2) is 0 Å². The fourth-order valence-corrected chi connectivity index (χ4v) is 3.06. The molecule has 4 nitrogen and oxygen atoms in total. The summed E-state index contributed by atoms with van der Waals surface area (Å²) in [4.78, 5) is 12.5. The molecule has 20 heavy (non-hydrogen) atoms. The second-order valence-corrected chi connectivity index (χ2v) is 6.11. The van der Waals surface area contributed by atoms with Crippen LogP contribution in [0.15, 0.2) is 24.3 Å². The first-order chi connectivity index (χ1) is 9.66. The Kier molecular flexibility index (Phi) is 3.76. The van der Waals surface area contributed by atoms with Crippen LogP contribution in [0.5, 0.6) is 0 Å². The Morgan fingerprint density at radius 2 is 2.20 bits per heavy atom. The van der Waals surface area contributed by atoms with E-state index in [4.69, 9.17) is 4.74 Å². The van der Waals surface area contributed by atoms with Crippen molar-refractivity contribution >= 4 is 5.91 Å². The summed E-state index contributed by atoms with van der Waals surface area (Å²) in [7, 11) is 0. The number of carbonyl (C=O) groups excluding carboxylic acids is 1. The molecule has 0 aliphatic carbocycles. The third-order valence-electron chi connectivity index (χ3n) is 4.26. The molecule has 2 heterocycles. The van der Waals surface area contributed by atoms with Gasteiger partial charge in [-0.1, -0.05) is 24.3 Å². The van der Waals surface area contributed by atoms with Gasteiger partial charge in [-0.05, 0) is 37.3 Å². The van der Waals surface area contributed by atoms with Crippen LogP contribution in [0.1, 0.15) is 30.9 Å². The third kappa shape index (κ3) is 2.86. The van der Waals surface area contributed by atoms with Crippen molar-refractivity contribution in [1.29, 1.82) is 0 Å². The molecule has 4 heteroatoms. The molecule has 0 radical (unpaired) electrons. The summed E-state index contributed by atoms with van der Waals surface area (Å²) in [5, 5.41) is 6.50. The summed E-state index contributed by atoms with van der Waals surface area (Å²) in [6, 6.07) is 8.18. The largest absolute Gasteiger partial charge is 0.379 e. The highest BCUT2D eigenvalue weighted by Gasteiger charge is 2.32. The van der Waals surface area contributed by atoms with Crippen LogP contribution in [0.3, 0.4) is 0 Å². The van der Waals surface area contributed by atoms with Crippen molar-refractivity contribution in [3.8, 4) is 0 Å². The van der Waals surface area contributed by atoms with Gasteiger partial charge in [0.05, 0.1) is 18.2 Å². The number of rotatable bonds is 2. The first kappa shape index (κ1) is 13.6. The van der Waals surface area contributed by atoms with Crippen LogP contribution < -0.4 is 10.6 Å². The highest BCUT2D eigenvalue weighted by molar-refractivity contribution is 5.83. The first-order valence-corrected chi connectivity index (χ1v) is 7.36. The minimum atomic E-state index is -0.214. The van der Waals surface area contributed by atoms with Crippen LogP contribution in [0.2, 0.25) is 0 Å². The maximum Gasteiger partial charge on any atom is 0.237 e. The molecule has 3 rings (SSSR count). The van der Waals surface area contributed by atoms with Gasteiger partial charge >= 0.3 is 0 Å². The van der Waals surface area contributed by atoms with Gasteiger partial charge in [0.2, 0.25) is 5.91 Å². The second kappa shape index (κ2) is 5.54. The molecule has 0 spiro atoms. The average molecular weight is 274 g/mol. The summed E-state index contributed by atoms with van der Waals surface area (Å²) < 4.78 is 5.49. The lowest BCUT2D eigenvalue weighted by molar-refractivity contribution is -0.126. The SMILES string of the molecule is CC1(NC(=O)C2Cc3ccccc3CN2)CCCOC1. The number of hydrogen-bond acceptors (Lipinski definition) is 3. The van der Waals surface area contributed by atoms with Crippen LogP contribution in [0, 0.1) is 0 Å². The zero-order valence-electron chi connectivity index (χ0n) is 11.9. The molecule has 2 unspecified atom stereocenters. The molecule has 108 valence electrons. The molecule has 1 saturated heterocycles. The van der Waals surface area contributed by atoms with E-state index in [-0.39, 0.29) is 17.5 Å². The van der Waals surface area contributed by atoms with Gasteiger partial charge in [-0.2, -0.15) is 0 Å². The van der Waals surface area contributed by atoms with E-state index in [1.165, 1.54) is 11.1 Å². The van der Waals surface area contributed by atoms with Crippen LogP contribution >= 0.6 is 0 Å². The number of carbonyl (C=O) groups is 1. The van der Waals surface area contributed by atoms with Gasteiger partial charge in [-0.15, -0.1) is 0 Å². The second-order valence-electron chi connectivity index (χ2n) is 6.11. The lowest BCUT2D eigenvalue weighted by Gasteiger charge is -2.36. The molecule has 0 bridgehead atoms. The van der Waals surface area contributed by atoms with Crippen molar-refractivity contribution in [2.45, 2.75) is 44.3 Å². The minimum Gasteiger partial charge on any atom is -0.379 e. The number of fused-ring (bicyclic) bond motifs is 1. The Labute approximate surface area is 119 Å². The van der Waals surface area contributed by atoms with Gasteiger partial charge in [-0.3, -0.25) is 4.79 Å². The lowest BCUT2D eigenvalue weighted by Crippen LogP contribution is -2.57. The van der Waals surface area contributed by atoms with Crippen LogP contribution in [0.25, 0.3) is 0 Å². The quantitative estimate of drug-likeness (QED) is 0.857. The van der Waals surface area contributed by atoms with E-state index in [1.807, 2.05) is 12.1 Å². The predicted molar refractivity (Wildman–Crippen MR) is 77.4 cm³/mol. The number of amides is 1. The smallest absolute Gasteiger partial charge is 0.237 e. The average Bonchev–Trinajstić information content (AvgIpc) is 2.47. The van der Waals surface area contributed by atoms with Gasteiger partial charge < -0.3 is 15.4 Å². The Bertz CT molecular complexity index is 495. The van der Waals surface area contributed by atoms with E-state index in [2.05, 4.69) is 29.7 Å². The van der Waals surface area contributed by atoms with Gasteiger partial charge in [0.25, 0.3) is 0 Å². The Balaban J connectivity index is 1.64. The van der Waals surface area contributed by atoms with Crippen LogP contribution in [-0.4, -0.2) is 30.7 Å². The normalized spacial score (nSPS) is 29.6. The van der Waals surface area contributed by atoms with Gasteiger partial charge in [-0.25, -0.2) is 0 Å². The van der Waals surface area contributed by atoms with E-state index in [1.54, 1.807) is 0 Å². The third-order valence-corrected chi connectivity index (χ3v) is 4.26. The standard InChI is InChI=1S/C16H22N2O2/c1-16(7-4-8-20-11-16)18-15(19)14-9-12-5-2-3-6-13(12)10-17-14/h2-3,5-6,14,17H,4,7-11H2,1H3,(H,18,19). The Hall–Kier alpha value is -1.39. The Morgan fingerprint density at radius 3 is 2.95 bits per heavy atom. The molecule has 2 atom stereocenters. The maximum absolute atomic E-state index is 12.5. The Morgan fingerprint density at radius 1 is 1.40 bits per heavy atom. The predicted octanol–water partition coefficient (Wildman–Crippen LogP) is 1.39. The van der Waals surface area contributed by atoms with E-state index in [9.17, 15) is 4.79 Å². The summed E-state index contributed by atoms with van der Waals surface area (Å²) in [6.07, 6.45) is 2.76. The van der Waals surface area contributed by atoms with Crippen molar-refractivity contribution in [2.24, 2.45) is 0 Å². The summed E-state index contributed by atoms with van der Waals surface area (Å²) in [5.41, 5.74) is 2.36. The van der Waals surface area contributed by atoms with E-state index >= 15 is 0 Å². The number of nitrogens with one attached hydrogen (secondary N) is 2. The molecular weight excluding hydrogens is 252 g/mol. The number of hydrogen-bond donors (Lipinski definition) is 2. The fourth-order valence-electron chi connectivity index (χ4n) is 3.06. The molecule has 2 N–H and O–H groups in total. The molecule has 0 saturated carbocycles. The fraction of sp³-hybridized carbons (Fsp3) is 0.562. The summed E-state index contributed by atoms with van der Waals surface area (Å²) in [5.74, 6) is 0.0903. The van der Waals surface area contributed by atoms with Crippen molar-refractivity contribution in [2.75, 3.05) is 13.2 Å². The van der Waals surface area contributed by atoms with Crippen molar-refractivity contribution in [3.05, 3.63) is 35.4 Å². The first-order valence-electron chi connectivity index (χ1n) is 7.36.